The van der Waals surface area contributed by atoms with Gasteiger partial charge in [0.05, 0.1) is 18.1 Å². The molecule has 0 bridgehead atoms. The van der Waals surface area contributed by atoms with Gasteiger partial charge in [-0.15, -0.1) is 0 Å². The van der Waals surface area contributed by atoms with Gasteiger partial charge in [0.2, 0.25) is 5.91 Å². The monoisotopic (exact) mass is 757 g/mol. The number of aryl methyl sites for hydroxylation is 3. The fraction of sp³-hybridized carbons (Fsp3) is 0.436. The zero-order valence-corrected chi connectivity index (χ0v) is 30.7. The summed E-state index contributed by atoms with van der Waals surface area (Å²) in [5.41, 5.74) is 5.61. The Bertz CT molecular complexity index is 1710. The smallest absolute Gasteiger partial charge is 0.318 e. The first-order valence-electron chi connectivity index (χ1n) is 17.9. The van der Waals surface area contributed by atoms with Crippen molar-refractivity contribution in [2.45, 2.75) is 82.6 Å². The topological polar surface area (TPSA) is 86.6 Å². The maximum absolute atomic E-state index is 15.0. The lowest BCUT2D eigenvalue weighted by Crippen LogP contribution is -2.64. The molecule has 0 spiro atoms. The lowest BCUT2D eigenvalue weighted by atomic mass is 9.94. The second-order valence-electron chi connectivity index (χ2n) is 13.8. The zero-order chi connectivity index (χ0) is 34.5. The van der Waals surface area contributed by atoms with Crippen LogP contribution >= 0.6 is 27.5 Å². The molecule has 262 valence electrons. The van der Waals surface area contributed by atoms with Crippen LogP contribution in [-0.4, -0.2) is 79.4 Å². The van der Waals surface area contributed by atoms with E-state index >= 15 is 0 Å². The normalized spacial score (nSPS) is 19.7. The number of pyridine rings is 1. The number of imidazole rings is 1. The minimum atomic E-state index is -0.665. The van der Waals surface area contributed by atoms with E-state index in [0.717, 1.165) is 72.8 Å². The molecule has 11 heteroatoms. The minimum Gasteiger partial charge on any atom is -0.337 e. The van der Waals surface area contributed by atoms with E-state index in [1.54, 1.807) is 6.20 Å². The number of halogens is 2. The standard InChI is InChI=1S/C39H45BrClN7O2/c40-31-22-30-13-12-29-23-32(41)14-15-34(29)37(36(30)43-24-31)46-20-21-48(39(50)44-33-10-5-2-6-11-33)35(26-46)38(49)47(25-28-8-3-1-4-9-28)18-7-17-45-19-16-42-27-45/h1,3-4,8-9,14-16,19,22-24,27,33,35,37H,2,5-7,10-13,17-18,20-21,25-26H2,(H,44,50)/t35-,37+/m1/s1. The highest BCUT2D eigenvalue weighted by Gasteiger charge is 2.42. The molecule has 0 unspecified atom stereocenters. The third kappa shape index (κ3) is 8.08. The molecular weight excluding hydrogens is 714 g/mol. The number of nitrogens with one attached hydrogen (secondary N) is 1. The molecule has 2 aromatic carbocycles. The van der Waals surface area contributed by atoms with E-state index in [9.17, 15) is 9.59 Å². The summed E-state index contributed by atoms with van der Waals surface area (Å²) in [5.74, 6) is -0.0306. The minimum absolute atomic E-state index is 0.0306. The Hall–Kier alpha value is -3.73. The Morgan fingerprint density at radius 1 is 1.00 bits per heavy atom. The third-order valence-electron chi connectivity index (χ3n) is 10.5. The summed E-state index contributed by atoms with van der Waals surface area (Å²) in [6.45, 7) is 3.24. The number of hydrogen-bond donors (Lipinski definition) is 1. The van der Waals surface area contributed by atoms with Crippen LogP contribution in [0.15, 0.2) is 84.0 Å². The second-order valence-corrected chi connectivity index (χ2v) is 15.2. The van der Waals surface area contributed by atoms with Crippen molar-refractivity contribution in [1.82, 2.24) is 34.6 Å². The number of benzene rings is 2. The van der Waals surface area contributed by atoms with Crippen LogP contribution in [0.5, 0.6) is 0 Å². The van der Waals surface area contributed by atoms with Crippen molar-refractivity contribution in [3.63, 3.8) is 0 Å². The van der Waals surface area contributed by atoms with Crippen LogP contribution in [0.4, 0.5) is 4.79 Å². The average molecular weight is 759 g/mol. The van der Waals surface area contributed by atoms with Gasteiger partial charge in [-0.05, 0) is 88.5 Å². The summed E-state index contributed by atoms with van der Waals surface area (Å²) in [5, 5.41) is 4.04. The average Bonchev–Trinajstić information content (AvgIpc) is 3.60. The molecule has 1 saturated heterocycles. The summed E-state index contributed by atoms with van der Waals surface area (Å²) < 4.78 is 2.99. The van der Waals surface area contributed by atoms with Crippen LogP contribution in [0.1, 0.15) is 72.5 Å². The Morgan fingerprint density at radius 2 is 1.82 bits per heavy atom. The molecule has 1 saturated carbocycles. The molecule has 9 nitrogen and oxygen atoms in total. The van der Waals surface area contributed by atoms with E-state index < -0.39 is 6.04 Å². The van der Waals surface area contributed by atoms with Gasteiger partial charge < -0.3 is 19.7 Å². The van der Waals surface area contributed by atoms with Gasteiger partial charge in [-0.25, -0.2) is 9.78 Å². The Balaban J connectivity index is 1.22. The quantitative estimate of drug-likeness (QED) is 0.198. The van der Waals surface area contributed by atoms with Crippen molar-refractivity contribution in [3.8, 4) is 0 Å². The first-order valence-corrected chi connectivity index (χ1v) is 19.1. The first kappa shape index (κ1) is 34.7. The number of piperazine rings is 1. The molecule has 1 N–H and O–H groups in total. The lowest BCUT2D eigenvalue weighted by Gasteiger charge is -2.45. The van der Waals surface area contributed by atoms with E-state index in [1.165, 1.54) is 17.5 Å². The number of hydrogen-bond acceptors (Lipinski definition) is 5. The fourth-order valence-electron chi connectivity index (χ4n) is 7.92. The SMILES string of the molecule is O=C([C@H]1CN([C@H]2c3ccc(Cl)cc3CCc3cc(Br)cnc32)CCN1C(=O)NC1CCCCC1)N(CCCn1ccnc1)Cc1ccccc1. The zero-order valence-electron chi connectivity index (χ0n) is 28.4. The summed E-state index contributed by atoms with van der Waals surface area (Å²) >= 11 is 10.2. The summed E-state index contributed by atoms with van der Waals surface area (Å²) in [7, 11) is 0. The molecule has 2 aliphatic carbocycles. The third-order valence-corrected chi connectivity index (χ3v) is 11.1. The first-order chi connectivity index (χ1) is 24.4. The molecule has 2 atom stereocenters. The molecule has 3 amide bonds. The van der Waals surface area contributed by atoms with E-state index in [-0.39, 0.29) is 24.0 Å². The second kappa shape index (κ2) is 16.1. The van der Waals surface area contributed by atoms with Gasteiger partial charge >= 0.3 is 6.03 Å². The molecule has 2 fully saturated rings. The molecule has 3 heterocycles. The van der Waals surface area contributed by atoms with Crippen LogP contribution in [0.25, 0.3) is 0 Å². The number of carbonyl (C=O) groups is 2. The Morgan fingerprint density at radius 3 is 2.62 bits per heavy atom. The number of fused-ring (bicyclic) bond motifs is 2. The van der Waals surface area contributed by atoms with Crippen molar-refractivity contribution in [1.29, 1.82) is 0 Å². The molecule has 0 radical (unpaired) electrons. The number of amides is 3. The Labute approximate surface area is 308 Å². The summed E-state index contributed by atoms with van der Waals surface area (Å²) in [6.07, 6.45) is 15.3. The van der Waals surface area contributed by atoms with Gasteiger partial charge in [0.1, 0.15) is 6.04 Å². The fourth-order valence-corrected chi connectivity index (χ4v) is 8.50. The van der Waals surface area contributed by atoms with Crippen LogP contribution < -0.4 is 5.32 Å². The highest BCUT2D eigenvalue weighted by atomic mass is 79.9. The van der Waals surface area contributed by atoms with Crippen molar-refractivity contribution < 1.29 is 9.59 Å². The maximum Gasteiger partial charge on any atom is 0.318 e. The van der Waals surface area contributed by atoms with Crippen molar-refractivity contribution >= 4 is 39.5 Å². The van der Waals surface area contributed by atoms with Gasteiger partial charge in [-0.3, -0.25) is 14.7 Å². The summed E-state index contributed by atoms with van der Waals surface area (Å²) in [4.78, 5) is 44.4. The molecule has 2 aromatic heterocycles. The van der Waals surface area contributed by atoms with Gasteiger partial charge in [-0.2, -0.15) is 0 Å². The number of urea groups is 1. The molecular formula is C39H45BrClN7O2. The Kier molecular flexibility index (Phi) is 11.2. The highest BCUT2D eigenvalue weighted by molar-refractivity contribution is 9.10. The number of nitrogens with zero attached hydrogens (tertiary/aromatic N) is 6. The van der Waals surface area contributed by atoms with Gasteiger partial charge in [-0.1, -0.05) is 67.3 Å². The molecule has 1 aliphatic heterocycles. The highest BCUT2D eigenvalue weighted by Crippen LogP contribution is 2.39. The summed E-state index contributed by atoms with van der Waals surface area (Å²) in [6, 6.07) is 17.6. The number of rotatable bonds is 9. The molecule has 50 heavy (non-hydrogen) atoms. The maximum atomic E-state index is 15.0. The lowest BCUT2D eigenvalue weighted by molar-refractivity contribution is -0.139. The van der Waals surface area contributed by atoms with E-state index in [0.29, 0.717) is 37.7 Å². The van der Waals surface area contributed by atoms with E-state index in [1.807, 2.05) is 57.4 Å². The molecule has 4 aromatic rings. The predicted octanol–water partition coefficient (Wildman–Crippen LogP) is 7.03. The van der Waals surface area contributed by atoms with Crippen LogP contribution in [-0.2, 0) is 30.7 Å². The van der Waals surface area contributed by atoms with Crippen LogP contribution in [0, 0.1) is 0 Å². The molecule has 3 aliphatic rings. The van der Waals surface area contributed by atoms with Gasteiger partial charge in [0, 0.05) is 73.4 Å². The van der Waals surface area contributed by atoms with E-state index in [2.05, 4.69) is 61.5 Å². The van der Waals surface area contributed by atoms with Crippen LogP contribution in [0.2, 0.25) is 5.02 Å². The largest absolute Gasteiger partial charge is 0.337 e. The van der Waals surface area contributed by atoms with Crippen LogP contribution in [0.3, 0.4) is 0 Å². The number of carbonyl (C=O) groups excluding carboxylic acids is 2. The van der Waals surface area contributed by atoms with Crippen molar-refractivity contribution in [2.75, 3.05) is 26.2 Å². The predicted molar refractivity (Wildman–Crippen MR) is 199 cm³/mol. The van der Waals surface area contributed by atoms with Crippen molar-refractivity contribution in [2.24, 2.45) is 0 Å². The van der Waals surface area contributed by atoms with E-state index in [4.69, 9.17) is 16.6 Å². The van der Waals surface area contributed by atoms with Gasteiger partial charge in [0.15, 0.2) is 0 Å². The van der Waals surface area contributed by atoms with Gasteiger partial charge in [0.25, 0.3) is 0 Å². The van der Waals surface area contributed by atoms with Crippen molar-refractivity contribution in [3.05, 3.63) is 117 Å². The number of aromatic nitrogens is 3. The molecule has 7 rings (SSSR count).